The highest BCUT2D eigenvalue weighted by atomic mass is 35.5. The van der Waals surface area contributed by atoms with Crippen molar-refractivity contribution in [1.82, 2.24) is 4.90 Å². The molecule has 2 aromatic carbocycles. The van der Waals surface area contributed by atoms with Gasteiger partial charge < -0.3 is 14.4 Å². The lowest BCUT2D eigenvalue weighted by Gasteiger charge is -2.29. The Morgan fingerprint density at radius 2 is 2.00 bits per heavy atom. The van der Waals surface area contributed by atoms with Crippen molar-refractivity contribution < 1.29 is 18.7 Å². The van der Waals surface area contributed by atoms with Gasteiger partial charge in [0.1, 0.15) is 17.3 Å². The Labute approximate surface area is 162 Å². The Morgan fingerprint density at radius 1 is 1.19 bits per heavy atom. The molecule has 0 bridgehead atoms. The van der Waals surface area contributed by atoms with Crippen molar-refractivity contribution in [2.45, 2.75) is 31.6 Å². The molecule has 0 aliphatic carbocycles. The summed E-state index contributed by atoms with van der Waals surface area (Å²) < 4.78 is 25.8. The van der Waals surface area contributed by atoms with Crippen LogP contribution in [0.4, 0.5) is 9.18 Å². The predicted octanol–water partition coefficient (Wildman–Crippen LogP) is 5.18. The van der Waals surface area contributed by atoms with Crippen LogP contribution in [-0.4, -0.2) is 30.7 Å². The van der Waals surface area contributed by atoms with Crippen molar-refractivity contribution in [2.75, 3.05) is 19.7 Å². The van der Waals surface area contributed by atoms with Crippen molar-refractivity contribution in [3.05, 3.63) is 58.4 Å². The van der Waals surface area contributed by atoms with Crippen molar-refractivity contribution in [3.63, 3.8) is 0 Å². The Bertz CT molecular complexity index is 851. The van der Waals surface area contributed by atoms with Crippen LogP contribution in [0.1, 0.15) is 36.3 Å². The van der Waals surface area contributed by atoms with E-state index in [0.717, 1.165) is 37.9 Å². The maximum Gasteiger partial charge on any atom is 0.415 e. The second-order valence-corrected chi connectivity index (χ2v) is 7.46. The third kappa shape index (κ3) is 3.88. The van der Waals surface area contributed by atoms with Crippen LogP contribution >= 0.6 is 11.6 Å². The van der Waals surface area contributed by atoms with E-state index >= 15 is 0 Å². The smallest absolute Gasteiger partial charge is 0.415 e. The lowest BCUT2D eigenvalue weighted by molar-refractivity contribution is 0.141. The van der Waals surface area contributed by atoms with Gasteiger partial charge in [-0.3, -0.25) is 0 Å². The number of ether oxygens (including phenoxy) is 2. The monoisotopic (exact) mass is 389 g/mol. The third-order valence-electron chi connectivity index (χ3n) is 5.19. The van der Waals surface area contributed by atoms with Crippen LogP contribution in [-0.2, 0) is 6.42 Å². The summed E-state index contributed by atoms with van der Waals surface area (Å²) in [6, 6.07) is 10.1. The number of benzene rings is 2. The van der Waals surface area contributed by atoms with Gasteiger partial charge in [-0.15, -0.1) is 0 Å². The zero-order valence-electron chi connectivity index (χ0n) is 14.9. The number of likely N-dealkylation sites (tertiary alicyclic amines) is 1. The van der Waals surface area contributed by atoms with Gasteiger partial charge in [-0.25, -0.2) is 9.18 Å². The number of piperidine rings is 1. The minimum absolute atomic E-state index is 0.162. The van der Waals surface area contributed by atoms with Gasteiger partial charge in [0.15, 0.2) is 0 Å². The molecule has 2 aliphatic rings. The van der Waals surface area contributed by atoms with E-state index in [1.165, 1.54) is 6.07 Å². The van der Waals surface area contributed by atoms with Crippen LogP contribution in [0.15, 0.2) is 36.4 Å². The molecule has 1 amide bonds. The molecule has 142 valence electrons. The molecule has 0 unspecified atom stereocenters. The first kappa shape index (κ1) is 18.1. The molecule has 4 nitrogen and oxygen atoms in total. The fourth-order valence-corrected chi connectivity index (χ4v) is 3.90. The molecular formula is C21H21ClFNO3. The van der Waals surface area contributed by atoms with E-state index in [-0.39, 0.29) is 17.8 Å². The van der Waals surface area contributed by atoms with Crippen LogP contribution in [0.5, 0.6) is 11.5 Å². The molecule has 0 N–H and O–H groups in total. The molecule has 0 saturated carbocycles. The molecule has 4 rings (SSSR count). The molecule has 1 saturated heterocycles. The number of amides is 1. The third-order valence-corrected chi connectivity index (χ3v) is 5.43. The first-order valence-corrected chi connectivity index (χ1v) is 9.66. The summed E-state index contributed by atoms with van der Waals surface area (Å²) in [6.45, 7) is 1.82. The lowest BCUT2D eigenvalue weighted by Crippen LogP contribution is -2.37. The molecule has 27 heavy (non-hydrogen) atoms. The number of carbonyl (C=O) groups excluding carboxylic acids is 1. The topological polar surface area (TPSA) is 38.8 Å². The standard InChI is InChI=1S/C21H21ClFNO3/c22-15-7-8-16(18(23)12-15)14-11-17-19(26-13-14)5-4-6-20(17)27-21(25)24-9-2-1-3-10-24/h4-8,12,14H,1-3,9-11,13H2/t14-/m0/s1. The highest BCUT2D eigenvalue weighted by molar-refractivity contribution is 6.30. The van der Waals surface area contributed by atoms with Crippen LogP contribution in [0.2, 0.25) is 5.02 Å². The van der Waals surface area contributed by atoms with Crippen molar-refractivity contribution >= 4 is 17.7 Å². The van der Waals surface area contributed by atoms with E-state index in [2.05, 4.69) is 0 Å². The summed E-state index contributed by atoms with van der Waals surface area (Å²) in [4.78, 5) is 14.2. The molecule has 0 aromatic heterocycles. The molecule has 1 atom stereocenters. The van der Waals surface area contributed by atoms with E-state index in [4.69, 9.17) is 21.1 Å². The number of hydrogen-bond acceptors (Lipinski definition) is 3. The molecule has 6 heteroatoms. The second-order valence-electron chi connectivity index (χ2n) is 7.03. The number of rotatable bonds is 2. The highest BCUT2D eigenvalue weighted by Gasteiger charge is 2.28. The van der Waals surface area contributed by atoms with Gasteiger partial charge in [0.05, 0.1) is 6.61 Å². The van der Waals surface area contributed by atoms with Gasteiger partial charge >= 0.3 is 6.09 Å². The molecular weight excluding hydrogens is 369 g/mol. The number of hydrogen-bond donors (Lipinski definition) is 0. The van der Waals surface area contributed by atoms with Crippen molar-refractivity contribution in [3.8, 4) is 11.5 Å². The Kier molecular flexibility index (Phi) is 5.21. The van der Waals surface area contributed by atoms with Crippen LogP contribution in [0.25, 0.3) is 0 Å². The summed E-state index contributed by atoms with van der Waals surface area (Å²) in [5.74, 6) is 0.665. The lowest BCUT2D eigenvalue weighted by atomic mass is 9.89. The first-order valence-electron chi connectivity index (χ1n) is 9.28. The molecule has 1 fully saturated rings. The zero-order chi connectivity index (χ0) is 18.8. The Balaban J connectivity index is 1.56. The Morgan fingerprint density at radius 3 is 2.78 bits per heavy atom. The average Bonchev–Trinajstić information content (AvgIpc) is 2.69. The van der Waals surface area contributed by atoms with Gasteiger partial charge in [0, 0.05) is 29.6 Å². The fourth-order valence-electron chi connectivity index (χ4n) is 3.74. The zero-order valence-corrected chi connectivity index (χ0v) is 15.7. The first-order chi connectivity index (χ1) is 13.1. The molecule has 2 aliphatic heterocycles. The SMILES string of the molecule is O=C(Oc1cccc2c1C[C@H](c1ccc(Cl)cc1F)CO2)N1CCCCC1. The summed E-state index contributed by atoms with van der Waals surface area (Å²) >= 11 is 5.86. The van der Waals surface area contributed by atoms with Crippen LogP contribution < -0.4 is 9.47 Å². The van der Waals surface area contributed by atoms with Crippen molar-refractivity contribution in [2.24, 2.45) is 0 Å². The van der Waals surface area contributed by atoms with Gasteiger partial charge in [0.25, 0.3) is 0 Å². The maximum atomic E-state index is 14.3. The summed E-state index contributed by atoms with van der Waals surface area (Å²) in [7, 11) is 0. The van der Waals surface area contributed by atoms with Gasteiger partial charge in [-0.1, -0.05) is 23.7 Å². The summed E-state index contributed by atoms with van der Waals surface area (Å²) in [6.07, 6.45) is 3.36. The maximum absolute atomic E-state index is 14.3. The minimum Gasteiger partial charge on any atom is -0.493 e. The molecule has 0 spiro atoms. The van der Waals surface area contributed by atoms with E-state index < -0.39 is 0 Å². The number of nitrogens with zero attached hydrogens (tertiary/aromatic N) is 1. The fraction of sp³-hybridized carbons (Fsp3) is 0.381. The molecule has 0 radical (unpaired) electrons. The Hall–Kier alpha value is -2.27. The molecule has 2 heterocycles. The van der Waals surface area contributed by atoms with Crippen LogP contribution in [0.3, 0.4) is 0 Å². The predicted molar refractivity (Wildman–Crippen MR) is 101 cm³/mol. The van der Waals surface area contributed by atoms with Gasteiger partial charge in [0.2, 0.25) is 0 Å². The number of fused-ring (bicyclic) bond motifs is 1. The van der Waals surface area contributed by atoms with E-state index in [0.29, 0.717) is 35.1 Å². The van der Waals surface area contributed by atoms with E-state index in [1.54, 1.807) is 29.2 Å². The largest absolute Gasteiger partial charge is 0.493 e. The van der Waals surface area contributed by atoms with Crippen LogP contribution in [0, 0.1) is 5.82 Å². The van der Waals surface area contributed by atoms with Gasteiger partial charge in [-0.05, 0) is 55.5 Å². The summed E-state index contributed by atoms with van der Waals surface area (Å²) in [5, 5.41) is 0.365. The quantitative estimate of drug-likeness (QED) is 0.710. The van der Waals surface area contributed by atoms with Gasteiger partial charge in [-0.2, -0.15) is 0 Å². The second kappa shape index (κ2) is 7.77. The van der Waals surface area contributed by atoms with Crippen molar-refractivity contribution in [1.29, 1.82) is 0 Å². The van der Waals surface area contributed by atoms with E-state index in [9.17, 15) is 9.18 Å². The highest BCUT2D eigenvalue weighted by Crippen LogP contribution is 2.39. The summed E-state index contributed by atoms with van der Waals surface area (Å²) in [5.41, 5.74) is 1.36. The number of carbonyl (C=O) groups is 1. The molecule has 2 aromatic rings. The van der Waals surface area contributed by atoms with E-state index in [1.807, 2.05) is 6.07 Å². The minimum atomic E-state index is -0.345. The normalized spacial score (nSPS) is 19.2. The average molecular weight is 390 g/mol. The number of halogens is 2.